The largest absolute Gasteiger partial charge is 0.573 e. The average molecular weight is 270 g/mol. The first-order valence-electron chi connectivity index (χ1n) is 5.15. The molecule has 3 N–H and O–H groups in total. The zero-order valence-electron chi connectivity index (χ0n) is 9.48. The molecular weight excluding hydrogens is 261 g/mol. The van der Waals surface area contributed by atoms with Gasteiger partial charge in [0.15, 0.2) is 0 Å². The zero-order valence-corrected chi connectivity index (χ0v) is 9.48. The lowest BCUT2D eigenvalue weighted by Gasteiger charge is -2.12. The predicted molar refractivity (Wildman–Crippen MR) is 62.4 cm³/mol. The molecule has 1 aromatic heterocycles. The molecule has 0 radical (unpaired) electrons. The predicted octanol–water partition coefficient (Wildman–Crippen LogP) is 2.94. The maximum Gasteiger partial charge on any atom is 0.573 e. The quantitative estimate of drug-likeness (QED) is 0.880. The molecule has 19 heavy (non-hydrogen) atoms. The third-order valence-corrected chi connectivity index (χ3v) is 2.34. The molecule has 0 aliphatic carbocycles. The second-order valence-electron chi connectivity index (χ2n) is 3.69. The summed E-state index contributed by atoms with van der Waals surface area (Å²) in [6.45, 7) is 0. The van der Waals surface area contributed by atoms with Crippen LogP contribution in [0.2, 0.25) is 0 Å². The maximum atomic E-state index is 12.1. The number of rotatable bonds is 2. The van der Waals surface area contributed by atoms with E-state index >= 15 is 0 Å². The van der Waals surface area contributed by atoms with E-state index < -0.39 is 12.1 Å². The van der Waals surface area contributed by atoms with Crippen molar-refractivity contribution in [1.29, 1.82) is 0 Å². The van der Waals surface area contributed by atoms with E-state index in [1.165, 1.54) is 18.5 Å². The van der Waals surface area contributed by atoms with Crippen molar-refractivity contribution in [2.24, 2.45) is 0 Å². The molecule has 2 aromatic rings. The third kappa shape index (κ3) is 3.06. The van der Waals surface area contributed by atoms with E-state index in [9.17, 15) is 18.3 Å². The first-order chi connectivity index (χ1) is 8.87. The second kappa shape index (κ2) is 4.68. The van der Waals surface area contributed by atoms with Crippen molar-refractivity contribution in [1.82, 2.24) is 4.98 Å². The highest BCUT2D eigenvalue weighted by molar-refractivity contribution is 5.80. The van der Waals surface area contributed by atoms with Gasteiger partial charge in [0, 0.05) is 17.3 Å². The fourth-order valence-electron chi connectivity index (χ4n) is 1.58. The molecule has 1 aromatic carbocycles. The van der Waals surface area contributed by atoms with Crippen molar-refractivity contribution in [2.45, 2.75) is 6.36 Å². The summed E-state index contributed by atoms with van der Waals surface area (Å²) >= 11 is 0. The van der Waals surface area contributed by atoms with Crippen LogP contribution in [-0.4, -0.2) is 16.5 Å². The van der Waals surface area contributed by atoms with E-state index in [0.717, 1.165) is 18.2 Å². The lowest BCUT2D eigenvalue weighted by atomic mass is 10.0. The number of benzene rings is 1. The SMILES string of the molecule is Nc1cnccc1-c1cc(OC(F)(F)F)ccc1O. The number of nitrogens with two attached hydrogens (primary N) is 1. The number of ether oxygens (including phenoxy) is 1. The number of nitrogens with zero attached hydrogens (tertiary/aromatic N) is 1. The minimum absolute atomic E-state index is 0.140. The summed E-state index contributed by atoms with van der Waals surface area (Å²) < 4.78 is 40.2. The molecule has 1 heterocycles. The molecule has 4 nitrogen and oxygen atoms in total. The van der Waals surface area contributed by atoms with Crippen molar-refractivity contribution in [2.75, 3.05) is 5.73 Å². The fourth-order valence-corrected chi connectivity index (χ4v) is 1.58. The Hall–Kier alpha value is -2.44. The molecule has 2 rings (SSSR count). The van der Waals surface area contributed by atoms with Crippen LogP contribution in [0, 0.1) is 0 Å². The van der Waals surface area contributed by atoms with Crippen LogP contribution in [0.4, 0.5) is 18.9 Å². The monoisotopic (exact) mass is 270 g/mol. The molecule has 0 amide bonds. The lowest BCUT2D eigenvalue weighted by molar-refractivity contribution is -0.274. The molecule has 0 bridgehead atoms. The summed E-state index contributed by atoms with van der Waals surface area (Å²) in [6, 6.07) is 4.68. The van der Waals surface area contributed by atoms with Gasteiger partial charge < -0.3 is 15.6 Å². The van der Waals surface area contributed by atoms with Crippen LogP contribution in [0.3, 0.4) is 0 Å². The van der Waals surface area contributed by atoms with Gasteiger partial charge in [-0.3, -0.25) is 4.98 Å². The normalized spacial score (nSPS) is 11.3. The van der Waals surface area contributed by atoms with Crippen LogP contribution in [-0.2, 0) is 0 Å². The van der Waals surface area contributed by atoms with Crippen LogP contribution >= 0.6 is 0 Å². The van der Waals surface area contributed by atoms with Gasteiger partial charge in [-0.05, 0) is 24.3 Å². The summed E-state index contributed by atoms with van der Waals surface area (Å²) in [5.41, 5.74) is 6.42. The highest BCUT2D eigenvalue weighted by Crippen LogP contribution is 2.36. The lowest BCUT2D eigenvalue weighted by Crippen LogP contribution is -2.17. The maximum absolute atomic E-state index is 12.1. The van der Waals surface area contributed by atoms with Crippen LogP contribution in [0.1, 0.15) is 0 Å². The van der Waals surface area contributed by atoms with E-state index in [1.807, 2.05) is 0 Å². The molecule has 0 saturated carbocycles. The van der Waals surface area contributed by atoms with Gasteiger partial charge >= 0.3 is 6.36 Å². The van der Waals surface area contributed by atoms with Gasteiger partial charge in [-0.1, -0.05) is 0 Å². The molecule has 0 fully saturated rings. The van der Waals surface area contributed by atoms with Gasteiger partial charge in [0.2, 0.25) is 0 Å². The van der Waals surface area contributed by atoms with E-state index in [-0.39, 0.29) is 17.0 Å². The average Bonchev–Trinajstić information content (AvgIpc) is 2.31. The summed E-state index contributed by atoms with van der Waals surface area (Å²) in [4.78, 5) is 3.76. The van der Waals surface area contributed by atoms with E-state index in [1.54, 1.807) is 0 Å². The standard InChI is InChI=1S/C12H9F3N2O2/c13-12(14,15)19-7-1-2-11(18)9(5-7)8-3-4-17-6-10(8)16/h1-6,18H,16H2. The Morgan fingerprint density at radius 1 is 1.16 bits per heavy atom. The minimum Gasteiger partial charge on any atom is -0.507 e. The number of pyridine rings is 1. The Kier molecular flexibility index (Phi) is 3.20. The van der Waals surface area contributed by atoms with E-state index in [4.69, 9.17) is 5.73 Å². The van der Waals surface area contributed by atoms with Crippen molar-refractivity contribution < 1.29 is 23.0 Å². The number of nitrogen functional groups attached to an aromatic ring is 1. The van der Waals surface area contributed by atoms with Gasteiger partial charge in [0.05, 0.1) is 11.9 Å². The first kappa shape index (κ1) is 13.0. The van der Waals surface area contributed by atoms with Crippen LogP contribution in [0.25, 0.3) is 11.1 Å². The van der Waals surface area contributed by atoms with Crippen LogP contribution in [0.5, 0.6) is 11.5 Å². The van der Waals surface area contributed by atoms with Gasteiger partial charge in [0.25, 0.3) is 0 Å². The van der Waals surface area contributed by atoms with Crippen molar-refractivity contribution in [3.63, 3.8) is 0 Å². The van der Waals surface area contributed by atoms with E-state index in [0.29, 0.717) is 5.56 Å². The number of phenolic OH excluding ortho intramolecular Hbond substituents is 1. The number of alkyl halides is 3. The topological polar surface area (TPSA) is 68.4 Å². The smallest absolute Gasteiger partial charge is 0.507 e. The van der Waals surface area contributed by atoms with Crippen molar-refractivity contribution in [3.05, 3.63) is 36.7 Å². The summed E-state index contributed by atoms with van der Waals surface area (Å²) in [7, 11) is 0. The van der Waals surface area contributed by atoms with E-state index in [2.05, 4.69) is 9.72 Å². The molecule has 0 saturated heterocycles. The number of aromatic hydroxyl groups is 1. The Balaban J connectivity index is 2.46. The molecule has 0 aliphatic rings. The highest BCUT2D eigenvalue weighted by atomic mass is 19.4. The van der Waals surface area contributed by atoms with Crippen LogP contribution in [0.15, 0.2) is 36.7 Å². The molecule has 0 aliphatic heterocycles. The molecule has 0 unspecified atom stereocenters. The second-order valence-corrected chi connectivity index (χ2v) is 3.69. The zero-order chi connectivity index (χ0) is 14.0. The highest BCUT2D eigenvalue weighted by Gasteiger charge is 2.31. The molecule has 7 heteroatoms. The van der Waals surface area contributed by atoms with Crippen molar-refractivity contribution >= 4 is 5.69 Å². The Bertz CT molecular complexity index is 600. The third-order valence-electron chi connectivity index (χ3n) is 2.34. The summed E-state index contributed by atoms with van der Waals surface area (Å²) in [5, 5.41) is 9.70. The Morgan fingerprint density at radius 2 is 1.89 bits per heavy atom. The fraction of sp³-hybridized carbons (Fsp3) is 0.0833. The number of hydrogen-bond acceptors (Lipinski definition) is 4. The van der Waals surface area contributed by atoms with Crippen LogP contribution < -0.4 is 10.5 Å². The molecule has 100 valence electrons. The summed E-state index contributed by atoms with van der Waals surface area (Å²) in [5.74, 6) is -0.635. The van der Waals surface area contributed by atoms with Gasteiger partial charge in [-0.2, -0.15) is 0 Å². The van der Waals surface area contributed by atoms with Gasteiger partial charge in [-0.15, -0.1) is 13.2 Å². The number of hydrogen-bond donors (Lipinski definition) is 2. The van der Waals surface area contributed by atoms with Gasteiger partial charge in [0.1, 0.15) is 11.5 Å². The number of anilines is 1. The Labute approximate surface area is 106 Å². The number of phenols is 1. The molecule has 0 spiro atoms. The minimum atomic E-state index is -4.79. The first-order valence-corrected chi connectivity index (χ1v) is 5.15. The number of aromatic nitrogens is 1. The molecule has 0 atom stereocenters. The Morgan fingerprint density at radius 3 is 2.53 bits per heavy atom. The number of halogens is 3. The van der Waals surface area contributed by atoms with Crippen molar-refractivity contribution in [3.8, 4) is 22.6 Å². The summed E-state index contributed by atoms with van der Waals surface area (Å²) in [6.07, 6.45) is -2.04. The molecular formula is C12H9F3N2O2. The van der Waals surface area contributed by atoms with Gasteiger partial charge in [-0.25, -0.2) is 0 Å².